The molecule has 0 spiro atoms. The Bertz CT molecular complexity index is 1120. The lowest BCUT2D eigenvalue weighted by molar-refractivity contribution is -0.139. The summed E-state index contributed by atoms with van der Waals surface area (Å²) >= 11 is 3.43. The lowest BCUT2D eigenvalue weighted by atomic mass is 10.1. The van der Waals surface area contributed by atoms with Gasteiger partial charge in [-0.25, -0.2) is 8.42 Å². The standard InChI is InChI=1S/C24H32BrN3O4S/c1-16(2)26-24(30)19(5)27(14-20-8-7-9-21(25)13-20)23(29)15-28(33(6,31)32)22-11-10-17(3)18(4)12-22/h7-13,16,19H,14-15H2,1-6H3,(H,26,30)/t19-/m0/s1. The predicted octanol–water partition coefficient (Wildman–Crippen LogP) is 3.77. The minimum absolute atomic E-state index is 0.0918. The Hall–Kier alpha value is -2.39. The van der Waals surface area contributed by atoms with Crippen molar-refractivity contribution in [3.8, 4) is 0 Å². The second kappa shape index (κ2) is 11.2. The number of aryl methyl sites for hydroxylation is 2. The van der Waals surface area contributed by atoms with Gasteiger partial charge >= 0.3 is 0 Å². The van der Waals surface area contributed by atoms with Gasteiger partial charge in [0, 0.05) is 17.1 Å². The first-order valence-electron chi connectivity index (χ1n) is 10.7. The Labute approximate surface area is 205 Å². The maximum absolute atomic E-state index is 13.5. The lowest BCUT2D eigenvalue weighted by Gasteiger charge is -2.32. The van der Waals surface area contributed by atoms with Gasteiger partial charge in [-0.2, -0.15) is 0 Å². The molecule has 2 rings (SSSR count). The van der Waals surface area contributed by atoms with E-state index < -0.39 is 28.5 Å². The van der Waals surface area contributed by atoms with Gasteiger partial charge in [-0.05, 0) is 75.6 Å². The van der Waals surface area contributed by atoms with Gasteiger partial charge in [0.25, 0.3) is 0 Å². The van der Waals surface area contributed by atoms with E-state index in [0.717, 1.165) is 31.7 Å². The van der Waals surface area contributed by atoms with E-state index in [1.165, 1.54) is 4.90 Å². The molecule has 2 amide bonds. The molecule has 0 aliphatic heterocycles. The average molecular weight is 539 g/mol. The Morgan fingerprint density at radius 1 is 1.03 bits per heavy atom. The van der Waals surface area contributed by atoms with Crippen LogP contribution in [0, 0.1) is 13.8 Å². The van der Waals surface area contributed by atoms with Crippen molar-refractivity contribution in [2.24, 2.45) is 0 Å². The van der Waals surface area contributed by atoms with Crippen molar-refractivity contribution in [2.45, 2.75) is 53.2 Å². The van der Waals surface area contributed by atoms with Crippen molar-refractivity contribution in [1.82, 2.24) is 10.2 Å². The molecule has 0 aromatic heterocycles. The molecule has 0 heterocycles. The van der Waals surface area contributed by atoms with Gasteiger partial charge in [-0.3, -0.25) is 13.9 Å². The Morgan fingerprint density at radius 3 is 2.24 bits per heavy atom. The first-order valence-corrected chi connectivity index (χ1v) is 13.3. The number of halogens is 1. The average Bonchev–Trinajstić information content (AvgIpc) is 2.70. The van der Waals surface area contributed by atoms with E-state index >= 15 is 0 Å². The third-order valence-electron chi connectivity index (χ3n) is 5.30. The molecular weight excluding hydrogens is 506 g/mol. The second-order valence-electron chi connectivity index (χ2n) is 8.53. The van der Waals surface area contributed by atoms with Crippen LogP contribution in [0.4, 0.5) is 5.69 Å². The van der Waals surface area contributed by atoms with Crippen LogP contribution in [0.2, 0.25) is 0 Å². The van der Waals surface area contributed by atoms with Crippen LogP contribution in [0.25, 0.3) is 0 Å². The van der Waals surface area contributed by atoms with E-state index in [1.807, 2.05) is 58.0 Å². The zero-order valence-corrected chi connectivity index (χ0v) is 22.3. The molecule has 2 aromatic rings. The number of hydrogen-bond acceptors (Lipinski definition) is 4. The highest BCUT2D eigenvalue weighted by molar-refractivity contribution is 9.10. The van der Waals surface area contributed by atoms with E-state index in [1.54, 1.807) is 19.1 Å². The second-order valence-corrected chi connectivity index (χ2v) is 11.4. The van der Waals surface area contributed by atoms with Crippen molar-refractivity contribution < 1.29 is 18.0 Å². The van der Waals surface area contributed by atoms with Crippen molar-refractivity contribution >= 4 is 43.5 Å². The Kier molecular flexibility index (Phi) is 9.08. The van der Waals surface area contributed by atoms with Crippen molar-refractivity contribution in [3.05, 3.63) is 63.6 Å². The van der Waals surface area contributed by atoms with Gasteiger partial charge in [-0.1, -0.05) is 34.1 Å². The number of rotatable bonds is 9. The number of carbonyl (C=O) groups excluding carboxylic acids is 2. The van der Waals surface area contributed by atoms with Gasteiger partial charge < -0.3 is 10.2 Å². The molecule has 0 aliphatic rings. The first-order chi connectivity index (χ1) is 15.3. The summed E-state index contributed by atoms with van der Waals surface area (Å²) in [5, 5.41) is 2.83. The minimum Gasteiger partial charge on any atom is -0.352 e. The Balaban J connectivity index is 2.41. The fraction of sp³-hybridized carbons (Fsp3) is 0.417. The van der Waals surface area contributed by atoms with Crippen LogP contribution in [-0.2, 0) is 26.2 Å². The molecule has 0 bridgehead atoms. The van der Waals surface area contributed by atoms with Gasteiger partial charge in [0.1, 0.15) is 12.6 Å². The number of anilines is 1. The van der Waals surface area contributed by atoms with Crippen LogP contribution in [0.5, 0.6) is 0 Å². The largest absolute Gasteiger partial charge is 0.352 e. The normalized spacial score (nSPS) is 12.4. The molecule has 0 aliphatic carbocycles. The molecular formula is C24H32BrN3O4S. The van der Waals surface area contributed by atoms with Crippen molar-refractivity contribution in [3.63, 3.8) is 0 Å². The molecule has 0 radical (unpaired) electrons. The number of carbonyl (C=O) groups is 2. The summed E-state index contributed by atoms with van der Waals surface area (Å²) in [6, 6.07) is 11.8. The summed E-state index contributed by atoms with van der Waals surface area (Å²) in [4.78, 5) is 27.6. The highest BCUT2D eigenvalue weighted by atomic mass is 79.9. The van der Waals surface area contributed by atoms with E-state index in [4.69, 9.17) is 0 Å². The number of amides is 2. The third kappa shape index (κ3) is 7.57. The predicted molar refractivity (Wildman–Crippen MR) is 136 cm³/mol. The van der Waals surface area contributed by atoms with E-state index in [-0.39, 0.29) is 18.5 Å². The van der Waals surface area contributed by atoms with Crippen molar-refractivity contribution in [1.29, 1.82) is 0 Å². The molecule has 7 nitrogen and oxygen atoms in total. The van der Waals surface area contributed by atoms with Crippen LogP contribution in [0.3, 0.4) is 0 Å². The summed E-state index contributed by atoms with van der Waals surface area (Å²) in [5.41, 5.74) is 3.17. The van der Waals surface area contributed by atoms with Crippen LogP contribution in [0.1, 0.15) is 37.5 Å². The Morgan fingerprint density at radius 2 is 1.70 bits per heavy atom. The van der Waals surface area contributed by atoms with Gasteiger partial charge in [0.15, 0.2) is 0 Å². The smallest absolute Gasteiger partial charge is 0.244 e. The van der Waals surface area contributed by atoms with Crippen molar-refractivity contribution in [2.75, 3.05) is 17.1 Å². The molecule has 180 valence electrons. The SMILES string of the molecule is Cc1ccc(N(CC(=O)N(Cc2cccc(Br)c2)[C@@H](C)C(=O)NC(C)C)S(C)(=O)=O)cc1C. The summed E-state index contributed by atoms with van der Waals surface area (Å²) in [6.45, 7) is 8.91. The van der Waals surface area contributed by atoms with E-state index in [9.17, 15) is 18.0 Å². The fourth-order valence-electron chi connectivity index (χ4n) is 3.31. The van der Waals surface area contributed by atoms with Crippen LogP contribution < -0.4 is 9.62 Å². The molecule has 0 saturated carbocycles. The van der Waals surface area contributed by atoms with E-state index in [2.05, 4.69) is 21.2 Å². The quantitative estimate of drug-likeness (QED) is 0.527. The minimum atomic E-state index is -3.74. The number of nitrogens with zero attached hydrogens (tertiary/aromatic N) is 2. The highest BCUT2D eigenvalue weighted by Crippen LogP contribution is 2.22. The van der Waals surface area contributed by atoms with Gasteiger partial charge in [0.05, 0.1) is 11.9 Å². The summed E-state index contributed by atoms with van der Waals surface area (Å²) in [7, 11) is -3.74. The lowest BCUT2D eigenvalue weighted by Crippen LogP contribution is -2.52. The molecule has 33 heavy (non-hydrogen) atoms. The monoisotopic (exact) mass is 537 g/mol. The summed E-state index contributed by atoms with van der Waals surface area (Å²) in [6.07, 6.45) is 1.07. The molecule has 2 aromatic carbocycles. The fourth-order valence-corrected chi connectivity index (χ4v) is 4.60. The molecule has 0 unspecified atom stereocenters. The molecule has 0 fully saturated rings. The van der Waals surface area contributed by atoms with Gasteiger partial charge in [-0.15, -0.1) is 0 Å². The third-order valence-corrected chi connectivity index (χ3v) is 6.93. The topological polar surface area (TPSA) is 86.8 Å². The van der Waals surface area contributed by atoms with Crippen LogP contribution in [0.15, 0.2) is 46.9 Å². The first kappa shape index (κ1) is 26.9. The number of hydrogen-bond donors (Lipinski definition) is 1. The van der Waals surface area contributed by atoms with Crippen LogP contribution in [-0.4, -0.2) is 50.0 Å². The zero-order valence-electron chi connectivity index (χ0n) is 19.9. The molecule has 9 heteroatoms. The summed E-state index contributed by atoms with van der Waals surface area (Å²) < 4.78 is 27.1. The summed E-state index contributed by atoms with van der Waals surface area (Å²) in [5.74, 6) is -0.768. The van der Waals surface area contributed by atoms with Gasteiger partial charge in [0.2, 0.25) is 21.8 Å². The van der Waals surface area contributed by atoms with E-state index in [0.29, 0.717) is 5.69 Å². The number of sulfonamides is 1. The molecule has 1 N–H and O–H groups in total. The zero-order chi connectivity index (χ0) is 24.9. The molecule has 0 saturated heterocycles. The van der Waals surface area contributed by atoms with Crippen LogP contribution >= 0.6 is 15.9 Å². The number of nitrogens with one attached hydrogen (secondary N) is 1. The maximum Gasteiger partial charge on any atom is 0.244 e. The maximum atomic E-state index is 13.5. The highest BCUT2D eigenvalue weighted by Gasteiger charge is 2.30. The number of benzene rings is 2. The molecule has 1 atom stereocenters.